The first-order chi connectivity index (χ1) is 7.97. The summed E-state index contributed by atoms with van der Waals surface area (Å²) in [6.45, 7) is 1.44. The molecule has 0 aliphatic rings. The first-order valence-electron chi connectivity index (χ1n) is 4.69. The molecule has 0 aromatic heterocycles. The van der Waals surface area contributed by atoms with Gasteiger partial charge in [0.15, 0.2) is 5.84 Å². The van der Waals surface area contributed by atoms with Gasteiger partial charge in [-0.05, 0) is 35.0 Å². The Kier molecular flexibility index (Phi) is 4.45. The molecule has 1 unspecified atom stereocenters. The van der Waals surface area contributed by atoms with Crippen LogP contribution >= 0.6 is 15.9 Å². The highest BCUT2D eigenvalue weighted by Crippen LogP contribution is 2.25. The van der Waals surface area contributed by atoms with Crippen LogP contribution in [0, 0.1) is 11.7 Å². The van der Waals surface area contributed by atoms with Gasteiger partial charge in [-0.1, -0.05) is 11.2 Å². The van der Waals surface area contributed by atoms with Crippen molar-refractivity contribution in [3.05, 3.63) is 28.5 Å². The SMILES string of the molecule is CC(C(=O)Nc1c(F)cccc1Br)/C(N)=N/O. The Morgan fingerprint density at radius 1 is 1.65 bits per heavy atom. The first-order valence-corrected chi connectivity index (χ1v) is 5.49. The third-order valence-electron chi connectivity index (χ3n) is 2.16. The molecule has 1 atom stereocenters. The summed E-state index contributed by atoms with van der Waals surface area (Å²) in [4.78, 5) is 11.6. The van der Waals surface area contributed by atoms with Crippen molar-refractivity contribution in [1.29, 1.82) is 0 Å². The minimum atomic E-state index is -0.855. The fraction of sp³-hybridized carbons (Fsp3) is 0.200. The number of carbonyl (C=O) groups is 1. The number of nitrogens with zero attached hydrogens (tertiary/aromatic N) is 1. The molecule has 0 heterocycles. The van der Waals surface area contributed by atoms with Crippen LogP contribution in [0.2, 0.25) is 0 Å². The Labute approximate surface area is 106 Å². The maximum Gasteiger partial charge on any atom is 0.235 e. The van der Waals surface area contributed by atoms with E-state index in [1.54, 1.807) is 6.07 Å². The zero-order chi connectivity index (χ0) is 13.0. The Bertz CT molecular complexity index is 445. The predicted molar refractivity (Wildman–Crippen MR) is 65.3 cm³/mol. The van der Waals surface area contributed by atoms with Gasteiger partial charge in [0.25, 0.3) is 0 Å². The lowest BCUT2D eigenvalue weighted by molar-refractivity contribution is -0.117. The maximum absolute atomic E-state index is 13.4. The molecule has 0 saturated heterocycles. The molecular formula is C10H11BrFN3O2. The van der Waals surface area contributed by atoms with Crippen LogP contribution < -0.4 is 11.1 Å². The quantitative estimate of drug-likeness (QED) is 0.345. The number of carbonyl (C=O) groups excluding carboxylic acids is 1. The number of hydrogen-bond donors (Lipinski definition) is 3. The summed E-state index contributed by atoms with van der Waals surface area (Å²) in [6.07, 6.45) is 0. The second-order valence-electron chi connectivity index (χ2n) is 3.33. The summed E-state index contributed by atoms with van der Waals surface area (Å²) in [5.74, 6) is -2.23. The van der Waals surface area contributed by atoms with E-state index in [9.17, 15) is 9.18 Å². The molecule has 17 heavy (non-hydrogen) atoms. The van der Waals surface area contributed by atoms with Gasteiger partial charge < -0.3 is 16.3 Å². The third kappa shape index (κ3) is 3.16. The maximum atomic E-state index is 13.4. The number of para-hydroxylation sites is 1. The number of rotatable bonds is 3. The van der Waals surface area contributed by atoms with Gasteiger partial charge in [0.2, 0.25) is 5.91 Å². The van der Waals surface area contributed by atoms with Gasteiger partial charge in [-0.15, -0.1) is 0 Å². The number of nitrogens with two attached hydrogens (primary N) is 1. The summed E-state index contributed by atoms with van der Waals surface area (Å²) in [5.41, 5.74) is 5.30. The standard InChI is InChI=1S/C10H11BrFN3O2/c1-5(9(13)15-17)10(16)14-8-6(11)3-2-4-7(8)12/h2-5,17H,1H3,(H2,13,15)(H,14,16). The topological polar surface area (TPSA) is 87.7 Å². The zero-order valence-electron chi connectivity index (χ0n) is 8.95. The van der Waals surface area contributed by atoms with Crippen molar-refractivity contribution in [3.63, 3.8) is 0 Å². The summed E-state index contributed by atoms with van der Waals surface area (Å²) < 4.78 is 13.8. The lowest BCUT2D eigenvalue weighted by Gasteiger charge is -2.12. The van der Waals surface area contributed by atoms with E-state index in [0.717, 1.165) is 0 Å². The van der Waals surface area contributed by atoms with Crippen molar-refractivity contribution in [2.24, 2.45) is 16.8 Å². The number of amidine groups is 1. The number of nitrogens with one attached hydrogen (secondary N) is 1. The summed E-state index contributed by atoms with van der Waals surface area (Å²) in [5, 5.41) is 13.5. The van der Waals surface area contributed by atoms with Crippen molar-refractivity contribution in [3.8, 4) is 0 Å². The van der Waals surface area contributed by atoms with E-state index in [1.807, 2.05) is 0 Å². The van der Waals surface area contributed by atoms with Gasteiger partial charge in [0.1, 0.15) is 5.82 Å². The van der Waals surface area contributed by atoms with E-state index in [0.29, 0.717) is 4.47 Å². The molecule has 0 saturated carbocycles. The highest BCUT2D eigenvalue weighted by atomic mass is 79.9. The third-order valence-corrected chi connectivity index (χ3v) is 2.82. The molecule has 1 aromatic rings. The first kappa shape index (κ1) is 13.4. The van der Waals surface area contributed by atoms with Gasteiger partial charge in [-0.3, -0.25) is 4.79 Å². The molecule has 0 aliphatic heterocycles. The van der Waals surface area contributed by atoms with E-state index < -0.39 is 17.6 Å². The number of benzene rings is 1. The molecule has 1 rings (SSSR count). The molecule has 7 heteroatoms. The molecule has 0 bridgehead atoms. The Morgan fingerprint density at radius 2 is 2.29 bits per heavy atom. The van der Waals surface area contributed by atoms with Crippen molar-refractivity contribution in [2.75, 3.05) is 5.32 Å². The van der Waals surface area contributed by atoms with Crippen LogP contribution in [-0.4, -0.2) is 17.0 Å². The zero-order valence-corrected chi connectivity index (χ0v) is 10.5. The van der Waals surface area contributed by atoms with E-state index in [-0.39, 0.29) is 11.5 Å². The highest BCUT2D eigenvalue weighted by Gasteiger charge is 2.19. The number of amides is 1. The van der Waals surface area contributed by atoms with Crippen LogP contribution in [0.3, 0.4) is 0 Å². The fourth-order valence-corrected chi connectivity index (χ4v) is 1.51. The molecule has 5 nitrogen and oxygen atoms in total. The number of halogens is 2. The van der Waals surface area contributed by atoms with Gasteiger partial charge in [-0.2, -0.15) is 0 Å². The van der Waals surface area contributed by atoms with E-state index in [4.69, 9.17) is 10.9 Å². The number of hydrogen-bond acceptors (Lipinski definition) is 3. The van der Waals surface area contributed by atoms with E-state index in [2.05, 4.69) is 26.4 Å². The molecule has 0 radical (unpaired) electrons. The van der Waals surface area contributed by atoms with Crippen molar-refractivity contribution in [1.82, 2.24) is 0 Å². The van der Waals surface area contributed by atoms with E-state index in [1.165, 1.54) is 19.1 Å². The average Bonchev–Trinajstić information content (AvgIpc) is 2.31. The highest BCUT2D eigenvalue weighted by molar-refractivity contribution is 9.10. The largest absolute Gasteiger partial charge is 0.409 e. The Hall–Kier alpha value is -1.63. The number of oxime groups is 1. The van der Waals surface area contributed by atoms with Crippen LogP contribution in [-0.2, 0) is 4.79 Å². The summed E-state index contributed by atoms with van der Waals surface area (Å²) >= 11 is 3.11. The average molecular weight is 304 g/mol. The molecule has 0 aliphatic carbocycles. The van der Waals surface area contributed by atoms with Crippen molar-refractivity contribution >= 4 is 33.4 Å². The van der Waals surface area contributed by atoms with Crippen LogP contribution in [0.5, 0.6) is 0 Å². The Morgan fingerprint density at radius 3 is 2.82 bits per heavy atom. The van der Waals surface area contributed by atoms with Crippen molar-refractivity contribution in [2.45, 2.75) is 6.92 Å². The van der Waals surface area contributed by atoms with Crippen LogP contribution in [0.25, 0.3) is 0 Å². The van der Waals surface area contributed by atoms with Gasteiger partial charge >= 0.3 is 0 Å². The molecule has 0 spiro atoms. The molecule has 4 N–H and O–H groups in total. The lowest BCUT2D eigenvalue weighted by atomic mass is 10.1. The smallest absolute Gasteiger partial charge is 0.235 e. The minimum Gasteiger partial charge on any atom is -0.409 e. The van der Waals surface area contributed by atoms with Gasteiger partial charge in [0.05, 0.1) is 11.6 Å². The lowest BCUT2D eigenvalue weighted by Crippen LogP contribution is -2.32. The van der Waals surface area contributed by atoms with Crippen molar-refractivity contribution < 1.29 is 14.4 Å². The molecule has 0 fully saturated rings. The summed E-state index contributed by atoms with van der Waals surface area (Å²) in [6, 6.07) is 4.31. The van der Waals surface area contributed by atoms with E-state index >= 15 is 0 Å². The van der Waals surface area contributed by atoms with Crippen LogP contribution in [0.4, 0.5) is 10.1 Å². The molecular weight excluding hydrogens is 293 g/mol. The second kappa shape index (κ2) is 5.62. The Balaban J connectivity index is 2.89. The second-order valence-corrected chi connectivity index (χ2v) is 4.19. The van der Waals surface area contributed by atoms with Gasteiger partial charge in [-0.25, -0.2) is 4.39 Å². The minimum absolute atomic E-state index is 0.0232. The monoisotopic (exact) mass is 303 g/mol. The fourth-order valence-electron chi connectivity index (χ4n) is 1.07. The van der Waals surface area contributed by atoms with Crippen LogP contribution in [0.15, 0.2) is 27.8 Å². The molecule has 1 aromatic carbocycles. The summed E-state index contributed by atoms with van der Waals surface area (Å²) in [7, 11) is 0. The van der Waals surface area contributed by atoms with Gasteiger partial charge in [0, 0.05) is 4.47 Å². The normalized spacial score (nSPS) is 13.2. The molecule has 1 amide bonds. The molecule has 92 valence electrons. The number of anilines is 1. The van der Waals surface area contributed by atoms with Crippen LogP contribution in [0.1, 0.15) is 6.92 Å². The predicted octanol–water partition coefficient (Wildman–Crippen LogP) is 1.91.